The summed E-state index contributed by atoms with van der Waals surface area (Å²) in [5.74, 6) is 1.95. The summed E-state index contributed by atoms with van der Waals surface area (Å²) in [6, 6.07) is 18.5. The van der Waals surface area contributed by atoms with Gasteiger partial charge in [0.25, 0.3) is 0 Å². The number of hydrogen-bond donors (Lipinski definition) is 3. The highest BCUT2D eigenvalue weighted by Gasteiger charge is 2.25. The molecule has 4 N–H and O–H groups in total. The van der Waals surface area contributed by atoms with Gasteiger partial charge >= 0.3 is 0 Å². The van der Waals surface area contributed by atoms with Crippen LogP contribution in [0.2, 0.25) is 0 Å². The first kappa shape index (κ1) is 21.1. The van der Waals surface area contributed by atoms with Crippen LogP contribution in [-0.2, 0) is 17.8 Å². The third kappa shape index (κ3) is 5.03. The fraction of sp³-hybridized carbons (Fsp3) is 0.308. The molecular weight excluding hydrogens is 412 g/mol. The molecule has 1 amide bonds. The Kier molecular flexibility index (Phi) is 6.02. The largest absolute Gasteiger partial charge is 0.369 e. The molecule has 2 heterocycles. The second-order valence-electron chi connectivity index (χ2n) is 8.89. The zero-order valence-electron chi connectivity index (χ0n) is 18.5. The van der Waals surface area contributed by atoms with Gasteiger partial charge in [-0.1, -0.05) is 36.4 Å². The van der Waals surface area contributed by atoms with Gasteiger partial charge in [-0.05, 0) is 49.3 Å². The average molecular weight is 441 g/mol. The Hall–Kier alpha value is -3.74. The number of primary amides is 1. The maximum absolute atomic E-state index is 11.5. The van der Waals surface area contributed by atoms with Crippen molar-refractivity contribution in [3.8, 4) is 11.3 Å². The normalized spacial score (nSPS) is 18.3. The molecule has 2 aromatic heterocycles. The molecule has 0 saturated heterocycles. The number of carbonyl (C=O) groups is 1. The van der Waals surface area contributed by atoms with Crippen LogP contribution in [0.4, 0.5) is 5.82 Å². The fourth-order valence-electron chi connectivity index (χ4n) is 4.63. The Morgan fingerprint density at radius 2 is 1.85 bits per heavy atom. The monoisotopic (exact) mass is 440 g/mol. The van der Waals surface area contributed by atoms with E-state index in [-0.39, 0.29) is 11.8 Å². The molecule has 7 heteroatoms. The van der Waals surface area contributed by atoms with E-state index in [9.17, 15) is 4.79 Å². The maximum atomic E-state index is 11.5. The SMILES string of the molecule is NC(=O)C1CCC(Cc2nc(NCc3ccccc3)cc(-c3ccc4[nH]ncc4c3)n2)CC1. The van der Waals surface area contributed by atoms with Crippen molar-refractivity contribution in [2.75, 3.05) is 5.32 Å². The van der Waals surface area contributed by atoms with Gasteiger partial charge in [-0.2, -0.15) is 5.10 Å². The lowest BCUT2D eigenvalue weighted by Crippen LogP contribution is -2.28. The molecule has 0 aliphatic heterocycles. The second-order valence-corrected chi connectivity index (χ2v) is 8.89. The minimum Gasteiger partial charge on any atom is -0.369 e. The Morgan fingerprint density at radius 3 is 2.64 bits per heavy atom. The number of nitrogens with one attached hydrogen (secondary N) is 2. The highest BCUT2D eigenvalue weighted by atomic mass is 16.1. The van der Waals surface area contributed by atoms with Gasteiger partial charge in [0.1, 0.15) is 11.6 Å². The third-order valence-corrected chi connectivity index (χ3v) is 6.55. The van der Waals surface area contributed by atoms with Crippen LogP contribution < -0.4 is 11.1 Å². The van der Waals surface area contributed by atoms with E-state index in [4.69, 9.17) is 15.7 Å². The van der Waals surface area contributed by atoms with Gasteiger partial charge in [-0.3, -0.25) is 9.89 Å². The lowest BCUT2D eigenvalue weighted by Gasteiger charge is -2.26. The van der Waals surface area contributed by atoms with E-state index in [1.165, 1.54) is 5.56 Å². The lowest BCUT2D eigenvalue weighted by molar-refractivity contribution is -0.122. The van der Waals surface area contributed by atoms with Crippen LogP contribution in [-0.4, -0.2) is 26.1 Å². The van der Waals surface area contributed by atoms with Crippen molar-refractivity contribution >= 4 is 22.6 Å². The van der Waals surface area contributed by atoms with E-state index in [0.717, 1.165) is 65.9 Å². The van der Waals surface area contributed by atoms with Crippen LogP contribution in [0.3, 0.4) is 0 Å². The molecule has 168 valence electrons. The number of benzene rings is 2. The number of anilines is 1. The van der Waals surface area contributed by atoms with E-state index in [1.807, 2.05) is 36.5 Å². The first-order valence-electron chi connectivity index (χ1n) is 11.5. The molecule has 7 nitrogen and oxygen atoms in total. The smallest absolute Gasteiger partial charge is 0.220 e. The number of rotatable bonds is 7. The summed E-state index contributed by atoms with van der Waals surface area (Å²) in [5.41, 5.74) is 9.63. The average Bonchev–Trinajstić information content (AvgIpc) is 3.32. The third-order valence-electron chi connectivity index (χ3n) is 6.55. The number of H-pyrrole nitrogens is 1. The Bertz CT molecular complexity index is 1240. The molecule has 0 spiro atoms. The van der Waals surface area contributed by atoms with Gasteiger partial charge in [0.05, 0.1) is 17.4 Å². The molecule has 5 rings (SSSR count). The molecule has 0 atom stereocenters. The fourth-order valence-corrected chi connectivity index (χ4v) is 4.63. The summed E-state index contributed by atoms with van der Waals surface area (Å²) in [6.45, 7) is 0.696. The molecule has 0 unspecified atom stereocenters. The van der Waals surface area contributed by atoms with Crippen molar-refractivity contribution in [2.45, 2.75) is 38.6 Å². The number of fused-ring (bicyclic) bond motifs is 1. The predicted molar refractivity (Wildman–Crippen MR) is 129 cm³/mol. The van der Waals surface area contributed by atoms with Crippen molar-refractivity contribution in [3.05, 3.63) is 72.2 Å². The lowest BCUT2D eigenvalue weighted by atomic mass is 9.80. The molecule has 33 heavy (non-hydrogen) atoms. The summed E-state index contributed by atoms with van der Waals surface area (Å²) in [4.78, 5) is 21.3. The zero-order chi connectivity index (χ0) is 22.6. The predicted octanol–water partition coefficient (Wildman–Crippen LogP) is 4.47. The van der Waals surface area contributed by atoms with Crippen LogP contribution in [0, 0.1) is 11.8 Å². The van der Waals surface area contributed by atoms with E-state index >= 15 is 0 Å². The van der Waals surface area contributed by atoms with Crippen molar-refractivity contribution in [1.29, 1.82) is 0 Å². The number of amides is 1. The second kappa shape index (κ2) is 9.40. The molecule has 1 aliphatic carbocycles. The van der Waals surface area contributed by atoms with Crippen molar-refractivity contribution in [2.24, 2.45) is 17.6 Å². The quantitative estimate of drug-likeness (QED) is 0.393. The highest BCUT2D eigenvalue weighted by molar-refractivity contribution is 5.83. The van der Waals surface area contributed by atoms with E-state index in [2.05, 4.69) is 39.8 Å². The van der Waals surface area contributed by atoms with Gasteiger partial charge in [0.2, 0.25) is 5.91 Å². The number of aromatic nitrogens is 4. The van der Waals surface area contributed by atoms with Gasteiger partial charge in [-0.25, -0.2) is 9.97 Å². The Balaban J connectivity index is 1.40. The number of aromatic amines is 1. The van der Waals surface area contributed by atoms with Gasteiger partial charge < -0.3 is 11.1 Å². The van der Waals surface area contributed by atoms with E-state index in [1.54, 1.807) is 0 Å². The van der Waals surface area contributed by atoms with Crippen molar-refractivity contribution < 1.29 is 4.79 Å². The molecule has 2 aromatic carbocycles. The van der Waals surface area contributed by atoms with Crippen LogP contribution in [0.25, 0.3) is 22.2 Å². The van der Waals surface area contributed by atoms with E-state index < -0.39 is 0 Å². The Morgan fingerprint density at radius 1 is 1.03 bits per heavy atom. The zero-order valence-corrected chi connectivity index (χ0v) is 18.5. The standard InChI is InChI=1S/C26H28N6O/c27-26(33)19-8-6-17(7-9-19)12-25-30-23(20-10-11-22-21(13-20)16-29-32-22)14-24(31-25)28-15-18-4-2-1-3-5-18/h1-5,10-11,13-14,16-17,19H,6-9,12,15H2,(H2,27,33)(H,29,32)(H,28,30,31). The Labute approximate surface area is 192 Å². The molecule has 4 aromatic rings. The topological polar surface area (TPSA) is 110 Å². The van der Waals surface area contributed by atoms with Crippen LogP contribution >= 0.6 is 0 Å². The molecule has 0 bridgehead atoms. The maximum Gasteiger partial charge on any atom is 0.220 e. The minimum atomic E-state index is -0.172. The molecular formula is C26H28N6O. The van der Waals surface area contributed by atoms with Crippen molar-refractivity contribution in [1.82, 2.24) is 20.2 Å². The van der Waals surface area contributed by atoms with Crippen LogP contribution in [0.15, 0.2) is 60.8 Å². The number of nitrogens with two attached hydrogens (primary N) is 1. The molecule has 1 aliphatic rings. The van der Waals surface area contributed by atoms with Gasteiger partial charge in [0, 0.05) is 35.9 Å². The molecule has 1 saturated carbocycles. The summed E-state index contributed by atoms with van der Waals surface area (Å²) in [6.07, 6.45) is 6.30. The summed E-state index contributed by atoms with van der Waals surface area (Å²) in [7, 11) is 0. The van der Waals surface area contributed by atoms with E-state index in [0.29, 0.717) is 12.5 Å². The summed E-state index contributed by atoms with van der Waals surface area (Å²) >= 11 is 0. The van der Waals surface area contributed by atoms with Crippen molar-refractivity contribution in [3.63, 3.8) is 0 Å². The summed E-state index contributed by atoms with van der Waals surface area (Å²) < 4.78 is 0. The first-order chi connectivity index (χ1) is 16.1. The van der Waals surface area contributed by atoms with Gasteiger partial charge in [-0.15, -0.1) is 0 Å². The molecule has 0 radical (unpaired) electrons. The van der Waals surface area contributed by atoms with Crippen LogP contribution in [0.5, 0.6) is 0 Å². The van der Waals surface area contributed by atoms with Crippen LogP contribution in [0.1, 0.15) is 37.1 Å². The number of nitrogens with zero attached hydrogens (tertiary/aromatic N) is 3. The highest BCUT2D eigenvalue weighted by Crippen LogP contribution is 2.31. The van der Waals surface area contributed by atoms with Gasteiger partial charge in [0.15, 0.2) is 0 Å². The molecule has 1 fully saturated rings. The first-order valence-corrected chi connectivity index (χ1v) is 11.5. The number of carbonyl (C=O) groups excluding carboxylic acids is 1. The summed E-state index contributed by atoms with van der Waals surface area (Å²) in [5, 5.41) is 11.6. The minimum absolute atomic E-state index is 0.0123. The number of hydrogen-bond acceptors (Lipinski definition) is 5.